The molecule has 0 aliphatic carbocycles. The van der Waals surface area contributed by atoms with E-state index >= 15 is 0 Å². The van der Waals surface area contributed by atoms with Crippen molar-refractivity contribution in [3.05, 3.63) is 18.2 Å². The van der Waals surface area contributed by atoms with Crippen molar-refractivity contribution in [1.29, 1.82) is 0 Å². The van der Waals surface area contributed by atoms with Crippen molar-refractivity contribution in [2.24, 2.45) is 0 Å². The molecule has 1 rings (SSSR count). The predicted molar refractivity (Wildman–Crippen MR) is 33.1 cm³/mol. The van der Waals surface area contributed by atoms with E-state index in [1.54, 1.807) is 0 Å². The van der Waals surface area contributed by atoms with E-state index in [-0.39, 0.29) is 5.69 Å². The van der Waals surface area contributed by atoms with Gasteiger partial charge in [-0.1, -0.05) is 0 Å². The highest BCUT2D eigenvalue weighted by molar-refractivity contribution is 4.99. The second-order valence-electron chi connectivity index (χ2n) is 2.27. The van der Waals surface area contributed by atoms with Crippen molar-refractivity contribution in [2.45, 2.75) is 19.4 Å². The van der Waals surface area contributed by atoms with Crippen LogP contribution in [0, 0.1) is 0 Å². The number of aromatic nitrogens is 2. The third kappa shape index (κ3) is 2.21. The van der Waals surface area contributed by atoms with Crippen LogP contribution in [0.25, 0.3) is 0 Å². The fourth-order valence-electron chi connectivity index (χ4n) is 0.808. The van der Waals surface area contributed by atoms with Crippen LogP contribution in [0.1, 0.15) is 5.69 Å². The molecule has 0 unspecified atom stereocenters. The van der Waals surface area contributed by atoms with Crippen LogP contribution in [0.3, 0.4) is 0 Å². The standard InChI is InChI=1S/C6H6F4N2/c7-3-12-4-11-2-5(12)1-6(8,9)10/h2,4H,1,3H2. The van der Waals surface area contributed by atoms with E-state index in [0.29, 0.717) is 0 Å². The van der Waals surface area contributed by atoms with Crippen LogP contribution >= 0.6 is 0 Å². The molecule has 0 aliphatic rings. The highest BCUT2D eigenvalue weighted by Crippen LogP contribution is 2.20. The molecular weight excluding hydrogens is 176 g/mol. The predicted octanol–water partition coefficient (Wildman–Crippen LogP) is 1.91. The molecule has 0 saturated heterocycles. The summed E-state index contributed by atoms with van der Waals surface area (Å²) in [6, 6.07) is 0. The zero-order chi connectivity index (χ0) is 9.19. The van der Waals surface area contributed by atoms with Gasteiger partial charge in [-0.3, -0.25) is 0 Å². The number of imidazole rings is 1. The lowest BCUT2D eigenvalue weighted by molar-refractivity contribution is -0.128. The van der Waals surface area contributed by atoms with Gasteiger partial charge in [-0.15, -0.1) is 0 Å². The summed E-state index contributed by atoms with van der Waals surface area (Å²) in [5, 5.41) is 0. The SMILES string of the molecule is FCn1cncc1CC(F)(F)F. The topological polar surface area (TPSA) is 17.8 Å². The Morgan fingerprint density at radius 2 is 2.08 bits per heavy atom. The lowest BCUT2D eigenvalue weighted by atomic mass is 10.3. The highest BCUT2D eigenvalue weighted by atomic mass is 19.4. The van der Waals surface area contributed by atoms with Crippen LogP contribution in [0.5, 0.6) is 0 Å². The third-order valence-corrected chi connectivity index (χ3v) is 1.31. The first-order chi connectivity index (χ1) is 5.53. The van der Waals surface area contributed by atoms with Gasteiger partial charge in [0.1, 0.15) is 0 Å². The lowest BCUT2D eigenvalue weighted by Gasteiger charge is -2.06. The van der Waals surface area contributed by atoms with Crippen molar-refractivity contribution >= 4 is 0 Å². The first kappa shape index (κ1) is 9.02. The molecule has 68 valence electrons. The second-order valence-corrected chi connectivity index (χ2v) is 2.27. The number of hydrogen-bond acceptors (Lipinski definition) is 1. The maximum absolute atomic E-state index is 12.0. The molecule has 0 aliphatic heterocycles. The molecule has 6 heteroatoms. The van der Waals surface area contributed by atoms with Gasteiger partial charge in [0.15, 0.2) is 6.80 Å². The fourth-order valence-corrected chi connectivity index (χ4v) is 0.808. The molecule has 0 saturated carbocycles. The van der Waals surface area contributed by atoms with Gasteiger partial charge in [0.2, 0.25) is 0 Å². The maximum Gasteiger partial charge on any atom is 0.394 e. The highest BCUT2D eigenvalue weighted by Gasteiger charge is 2.29. The van der Waals surface area contributed by atoms with Gasteiger partial charge in [0.25, 0.3) is 0 Å². The smallest absolute Gasteiger partial charge is 0.306 e. The van der Waals surface area contributed by atoms with Gasteiger partial charge in [0.05, 0.1) is 12.7 Å². The zero-order valence-electron chi connectivity index (χ0n) is 5.98. The average molecular weight is 182 g/mol. The van der Waals surface area contributed by atoms with E-state index in [4.69, 9.17) is 0 Å². The number of nitrogens with zero attached hydrogens (tertiary/aromatic N) is 2. The van der Waals surface area contributed by atoms with Crippen LogP contribution in [0.4, 0.5) is 17.6 Å². The first-order valence-electron chi connectivity index (χ1n) is 3.14. The molecule has 1 heterocycles. The monoisotopic (exact) mass is 182 g/mol. The van der Waals surface area contributed by atoms with Crippen LogP contribution in [-0.4, -0.2) is 15.7 Å². The Balaban J connectivity index is 2.75. The summed E-state index contributed by atoms with van der Waals surface area (Å²) in [5.74, 6) is 0. The minimum absolute atomic E-state index is 0.162. The first-order valence-corrected chi connectivity index (χ1v) is 3.14. The number of halogens is 4. The average Bonchev–Trinajstić information content (AvgIpc) is 2.31. The largest absolute Gasteiger partial charge is 0.394 e. The van der Waals surface area contributed by atoms with Crippen molar-refractivity contribution in [2.75, 3.05) is 0 Å². The quantitative estimate of drug-likeness (QED) is 0.639. The molecule has 0 bridgehead atoms. The molecule has 2 nitrogen and oxygen atoms in total. The zero-order valence-corrected chi connectivity index (χ0v) is 5.98. The molecule has 1 aromatic heterocycles. The van der Waals surface area contributed by atoms with E-state index in [1.807, 2.05) is 0 Å². The summed E-state index contributed by atoms with van der Waals surface area (Å²) >= 11 is 0. The Bertz CT molecular complexity index is 252. The van der Waals surface area contributed by atoms with E-state index in [9.17, 15) is 17.6 Å². The van der Waals surface area contributed by atoms with E-state index < -0.39 is 19.4 Å². The summed E-state index contributed by atoms with van der Waals surface area (Å²) in [4.78, 5) is 3.40. The minimum atomic E-state index is -4.31. The summed E-state index contributed by atoms with van der Waals surface area (Å²) in [7, 11) is 0. The summed E-state index contributed by atoms with van der Waals surface area (Å²) in [6.45, 7) is -0.981. The van der Waals surface area contributed by atoms with Gasteiger partial charge in [-0.2, -0.15) is 13.2 Å². The van der Waals surface area contributed by atoms with Gasteiger partial charge in [-0.25, -0.2) is 9.37 Å². The van der Waals surface area contributed by atoms with Crippen LogP contribution in [-0.2, 0) is 13.2 Å². The molecule has 0 radical (unpaired) electrons. The molecule has 1 aromatic rings. The lowest BCUT2D eigenvalue weighted by Crippen LogP contribution is -2.14. The fraction of sp³-hybridized carbons (Fsp3) is 0.500. The molecule has 12 heavy (non-hydrogen) atoms. The third-order valence-electron chi connectivity index (χ3n) is 1.31. The van der Waals surface area contributed by atoms with Crippen molar-refractivity contribution in [3.63, 3.8) is 0 Å². The molecule has 0 fully saturated rings. The van der Waals surface area contributed by atoms with Crippen LogP contribution < -0.4 is 0 Å². The molecular formula is C6H6F4N2. The van der Waals surface area contributed by atoms with Crippen molar-refractivity contribution < 1.29 is 17.6 Å². The van der Waals surface area contributed by atoms with E-state index in [2.05, 4.69) is 4.98 Å². The maximum atomic E-state index is 12.0. The molecule has 0 amide bonds. The number of hydrogen-bond donors (Lipinski definition) is 0. The van der Waals surface area contributed by atoms with Gasteiger partial charge < -0.3 is 4.57 Å². The summed E-state index contributed by atoms with van der Waals surface area (Å²) in [6.07, 6.45) is -3.42. The van der Waals surface area contributed by atoms with E-state index in [0.717, 1.165) is 17.1 Å². The Kier molecular flexibility index (Phi) is 2.35. The number of rotatable bonds is 2. The van der Waals surface area contributed by atoms with E-state index in [1.165, 1.54) is 0 Å². The number of alkyl halides is 4. The molecule has 0 spiro atoms. The summed E-state index contributed by atoms with van der Waals surface area (Å²) in [5.41, 5.74) is -0.162. The van der Waals surface area contributed by atoms with Gasteiger partial charge in [-0.05, 0) is 0 Å². The van der Waals surface area contributed by atoms with Gasteiger partial charge >= 0.3 is 6.18 Å². The molecule has 0 aromatic carbocycles. The van der Waals surface area contributed by atoms with Crippen molar-refractivity contribution in [1.82, 2.24) is 9.55 Å². The summed E-state index contributed by atoms with van der Waals surface area (Å²) < 4.78 is 48.1. The van der Waals surface area contributed by atoms with Crippen molar-refractivity contribution in [3.8, 4) is 0 Å². The van der Waals surface area contributed by atoms with Crippen LogP contribution in [0.15, 0.2) is 12.5 Å². The Morgan fingerprint density at radius 3 is 2.58 bits per heavy atom. The van der Waals surface area contributed by atoms with Gasteiger partial charge in [0, 0.05) is 11.9 Å². The molecule has 0 atom stereocenters. The molecule has 0 N–H and O–H groups in total. The van der Waals surface area contributed by atoms with Crippen LogP contribution in [0.2, 0.25) is 0 Å². The minimum Gasteiger partial charge on any atom is -0.306 e. The second kappa shape index (κ2) is 3.12. The normalized spacial score (nSPS) is 12.0. The Labute approximate surface area is 65.8 Å². The Hall–Kier alpha value is -1.07. The Morgan fingerprint density at radius 1 is 1.42 bits per heavy atom.